The van der Waals surface area contributed by atoms with Crippen LogP contribution in [-0.2, 0) is 0 Å². The molecule has 1 N–H and O–H groups in total. The third-order valence-corrected chi connectivity index (χ3v) is 4.30. The van der Waals surface area contributed by atoms with Crippen molar-refractivity contribution in [1.29, 1.82) is 0 Å². The molecule has 5 nitrogen and oxygen atoms in total. The van der Waals surface area contributed by atoms with Gasteiger partial charge >= 0.3 is 0 Å². The Morgan fingerprint density at radius 1 is 1.35 bits per heavy atom. The number of rotatable bonds is 3. The fourth-order valence-electron chi connectivity index (χ4n) is 2.78. The maximum atomic E-state index is 12.6. The summed E-state index contributed by atoms with van der Waals surface area (Å²) in [6.45, 7) is 3.75. The van der Waals surface area contributed by atoms with Gasteiger partial charge in [-0.15, -0.1) is 0 Å². The van der Waals surface area contributed by atoms with Crippen molar-refractivity contribution in [3.63, 3.8) is 0 Å². The maximum Gasteiger partial charge on any atom is 0.272 e. The van der Waals surface area contributed by atoms with Crippen molar-refractivity contribution in [1.82, 2.24) is 14.9 Å². The number of benzene rings is 1. The quantitative estimate of drug-likeness (QED) is 0.931. The minimum atomic E-state index is -0.0406. The van der Waals surface area contributed by atoms with Crippen LogP contribution in [0, 0.1) is 5.92 Å². The lowest BCUT2D eigenvalue weighted by Gasteiger charge is -2.30. The Labute approximate surface area is 140 Å². The van der Waals surface area contributed by atoms with Gasteiger partial charge in [0.15, 0.2) is 0 Å². The standard InChI is InChI=1S/C17H19ClN4O/c1-12-5-4-8-22(10-12)17(23)15-9-16(20-11-19-15)21-14-7-3-2-6-13(14)18/h2-3,6-7,9,11-12H,4-5,8,10H2,1H3,(H,19,20,21). The van der Waals surface area contributed by atoms with Gasteiger partial charge in [-0.1, -0.05) is 30.7 Å². The second-order valence-electron chi connectivity index (χ2n) is 5.89. The summed E-state index contributed by atoms with van der Waals surface area (Å²) in [5.41, 5.74) is 1.15. The van der Waals surface area contributed by atoms with Crippen LogP contribution < -0.4 is 5.32 Å². The zero-order chi connectivity index (χ0) is 16.2. The van der Waals surface area contributed by atoms with E-state index in [-0.39, 0.29) is 5.91 Å². The Morgan fingerprint density at radius 3 is 2.96 bits per heavy atom. The van der Waals surface area contributed by atoms with Crippen LogP contribution in [0.15, 0.2) is 36.7 Å². The van der Waals surface area contributed by atoms with Crippen LogP contribution in [0.2, 0.25) is 5.02 Å². The Kier molecular flexibility index (Phi) is 4.76. The molecule has 1 aromatic heterocycles. The molecule has 120 valence electrons. The summed E-state index contributed by atoms with van der Waals surface area (Å²) in [4.78, 5) is 22.8. The van der Waals surface area contributed by atoms with Gasteiger partial charge in [-0.2, -0.15) is 0 Å². The molecule has 2 heterocycles. The van der Waals surface area contributed by atoms with E-state index >= 15 is 0 Å². The largest absolute Gasteiger partial charge is 0.339 e. The Balaban J connectivity index is 1.77. The van der Waals surface area contributed by atoms with Crippen molar-refractivity contribution in [2.45, 2.75) is 19.8 Å². The van der Waals surface area contributed by atoms with Gasteiger partial charge in [0.25, 0.3) is 5.91 Å². The highest BCUT2D eigenvalue weighted by Crippen LogP contribution is 2.24. The van der Waals surface area contributed by atoms with Crippen LogP contribution >= 0.6 is 11.6 Å². The second kappa shape index (κ2) is 6.96. The number of hydrogen-bond donors (Lipinski definition) is 1. The summed E-state index contributed by atoms with van der Waals surface area (Å²) in [5, 5.41) is 3.73. The van der Waals surface area contributed by atoms with Crippen LogP contribution in [0.5, 0.6) is 0 Å². The number of nitrogens with zero attached hydrogens (tertiary/aromatic N) is 3. The fourth-order valence-corrected chi connectivity index (χ4v) is 2.96. The maximum absolute atomic E-state index is 12.6. The minimum absolute atomic E-state index is 0.0406. The summed E-state index contributed by atoms with van der Waals surface area (Å²) in [5.74, 6) is 1.05. The number of carbonyl (C=O) groups is 1. The van der Waals surface area contributed by atoms with Gasteiger partial charge in [-0.05, 0) is 30.9 Å². The summed E-state index contributed by atoms with van der Waals surface area (Å²) >= 11 is 6.13. The van der Waals surface area contributed by atoms with E-state index < -0.39 is 0 Å². The first-order chi connectivity index (χ1) is 11.1. The number of anilines is 2. The number of halogens is 1. The molecule has 2 aromatic rings. The third-order valence-electron chi connectivity index (χ3n) is 3.97. The average Bonchev–Trinajstić information content (AvgIpc) is 2.56. The van der Waals surface area contributed by atoms with Crippen molar-refractivity contribution in [2.24, 2.45) is 5.92 Å². The Morgan fingerprint density at radius 2 is 2.17 bits per heavy atom. The molecule has 0 spiro atoms. The highest BCUT2D eigenvalue weighted by Gasteiger charge is 2.23. The van der Waals surface area contributed by atoms with Gasteiger partial charge in [0.05, 0.1) is 10.7 Å². The van der Waals surface area contributed by atoms with E-state index in [1.54, 1.807) is 12.1 Å². The lowest BCUT2D eigenvalue weighted by atomic mass is 10.00. The molecule has 1 aromatic carbocycles. The third kappa shape index (κ3) is 3.79. The number of nitrogens with one attached hydrogen (secondary N) is 1. The van der Waals surface area contributed by atoms with Gasteiger partial charge in [-0.3, -0.25) is 4.79 Å². The smallest absolute Gasteiger partial charge is 0.272 e. The van der Waals surface area contributed by atoms with Crippen LogP contribution in [0.4, 0.5) is 11.5 Å². The predicted molar refractivity (Wildman–Crippen MR) is 91.1 cm³/mol. The molecule has 0 bridgehead atoms. The minimum Gasteiger partial charge on any atom is -0.339 e. The van der Waals surface area contributed by atoms with Crippen LogP contribution in [-0.4, -0.2) is 33.9 Å². The Hall–Kier alpha value is -2.14. The van der Waals surface area contributed by atoms with Gasteiger partial charge in [0.1, 0.15) is 17.8 Å². The van der Waals surface area contributed by atoms with Crippen LogP contribution in [0.25, 0.3) is 0 Å². The van der Waals surface area contributed by atoms with Crippen molar-refractivity contribution in [2.75, 3.05) is 18.4 Å². The van der Waals surface area contributed by atoms with E-state index in [2.05, 4.69) is 22.2 Å². The van der Waals surface area contributed by atoms with Gasteiger partial charge in [-0.25, -0.2) is 9.97 Å². The lowest BCUT2D eigenvalue weighted by Crippen LogP contribution is -2.39. The van der Waals surface area contributed by atoms with Crippen LogP contribution in [0.3, 0.4) is 0 Å². The van der Waals surface area contributed by atoms with Crippen molar-refractivity contribution in [3.05, 3.63) is 47.4 Å². The van der Waals surface area contributed by atoms with E-state index in [1.807, 2.05) is 23.1 Å². The molecule has 1 unspecified atom stereocenters. The van der Waals surface area contributed by atoms with E-state index in [9.17, 15) is 4.79 Å². The van der Waals surface area contributed by atoms with Crippen LogP contribution in [0.1, 0.15) is 30.3 Å². The molecule has 1 atom stereocenters. The monoisotopic (exact) mass is 330 g/mol. The van der Waals surface area contributed by atoms with Gasteiger partial charge in [0.2, 0.25) is 0 Å². The zero-order valence-corrected chi connectivity index (χ0v) is 13.8. The van der Waals surface area contributed by atoms with Crippen molar-refractivity contribution < 1.29 is 4.79 Å². The molecule has 6 heteroatoms. The van der Waals surface area contributed by atoms with Crippen molar-refractivity contribution in [3.8, 4) is 0 Å². The van der Waals surface area contributed by atoms with Crippen molar-refractivity contribution >= 4 is 29.0 Å². The molecular formula is C17H19ClN4O. The molecule has 0 radical (unpaired) electrons. The van der Waals surface area contributed by atoms with E-state index in [1.165, 1.54) is 12.7 Å². The second-order valence-corrected chi connectivity index (χ2v) is 6.30. The highest BCUT2D eigenvalue weighted by molar-refractivity contribution is 6.33. The SMILES string of the molecule is CC1CCCN(C(=O)c2cc(Nc3ccccc3Cl)ncn2)C1. The summed E-state index contributed by atoms with van der Waals surface area (Å²) < 4.78 is 0. The normalized spacial score (nSPS) is 17.8. The van der Waals surface area contributed by atoms with Gasteiger partial charge < -0.3 is 10.2 Å². The number of carbonyl (C=O) groups excluding carboxylic acids is 1. The number of likely N-dealkylation sites (tertiary alicyclic amines) is 1. The molecular weight excluding hydrogens is 312 g/mol. The van der Waals surface area contributed by atoms with E-state index in [0.717, 1.165) is 25.2 Å². The molecule has 1 amide bonds. The fraction of sp³-hybridized carbons (Fsp3) is 0.353. The first kappa shape index (κ1) is 15.7. The molecule has 1 aliphatic rings. The Bertz CT molecular complexity index is 706. The number of piperidine rings is 1. The topological polar surface area (TPSA) is 58.1 Å². The van der Waals surface area contributed by atoms with E-state index in [0.29, 0.717) is 22.5 Å². The molecule has 3 rings (SSSR count). The molecule has 1 aliphatic heterocycles. The van der Waals surface area contributed by atoms with E-state index in [4.69, 9.17) is 11.6 Å². The molecule has 23 heavy (non-hydrogen) atoms. The van der Waals surface area contributed by atoms with Gasteiger partial charge in [0, 0.05) is 19.2 Å². The predicted octanol–water partition coefficient (Wildman–Crippen LogP) is 3.75. The number of para-hydroxylation sites is 1. The zero-order valence-electron chi connectivity index (χ0n) is 13.0. The highest BCUT2D eigenvalue weighted by atomic mass is 35.5. The average molecular weight is 331 g/mol. The number of aromatic nitrogens is 2. The summed E-state index contributed by atoms with van der Waals surface area (Å²) in [6.07, 6.45) is 3.62. The first-order valence-electron chi connectivity index (χ1n) is 7.76. The first-order valence-corrected chi connectivity index (χ1v) is 8.14. The number of amides is 1. The summed E-state index contributed by atoms with van der Waals surface area (Å²) in [7, 11) is 0. The lowest BCUT2D eigenvalue weighted by molar-refractivity contribution is 0.0677. The molecule has 0 aliphatic carbocycles. The molecule has 0 saturated carbocycles. The molecule has 1 saturated heterocycles. The number of hydrogen-bond acceptors (Lipinski definition) is 4. The summed E-state index contributed by atoms with van der Waals surface area (Å²) in [6, 6.07) is 9.08. The molecule has 1 fully saturated rings.